The van der Waals surface area contributed by atoms with Crippen molar-refractivity contribution >= 4 is 0 Å². The molecule has 2 rings (SSSR count). The fourth-order valence-corrected chi connectivity index (χ4v) is 2.08. The minimum Gasteiger partial charge on any atom is -0.323 e. The number of aromatic nitrogens is 1. The molecule has 0 fully saturated rings. The fourth-order valence-electron chi connectivity index (χ4n) is 2.08. The topological polar surface area (TPSA) is 38.9 Å². The lowest BCUT2D eigenvalue weighted by Crippen LogP contribution is -2.18. The summed E-state index contributed by atoms with van der Waals surface area (Å²) < 4.78 is 13.4. The molecule has 1 heterocycles. The van der Waals surface area contributed by atoms with E-state index in [9.17, 15) is 4.39 Å². The molecule has 0 aliphatic rings. The smallest absolute Gasteiger partial charge is 0.123 e. The lowest BCUT2D eigenvalue weighted by atomic mass is 9.91. The van der Waals surface area contributed by atoms with E-state index >= 15 is 0 Å². The molecular weight excluding hydrogens is 227 g/mol. The number of nitrogens with zero attached hydrogens (tertiary/aromatic N) is 1. The van der Waals surface area contributed by atoms with E-state index in [4.69, 9.17) is 5.73 Å². The molecule has 0 saturated heterocycles. The molecule has 2 atom stereocenters. The van der Waals surface area contributed by atoms with E-state index in [-0.39, 0.29) is 17.8 Å². The van der Waals surface area contributed by atoms with Crippen LogP contribution in [0.3, 0.4) is 0 Å². The average Bonchev–Trinajstić information content (AvgIpc) is 2.37. The summed E-state index contributed by atoms with van der Waals surface area (Å²) in [6, 6.07) is 10.4. The second-order valence-electron chi connectivity index (χ2n) is 4.63. The molecule has 0 bridgehead atoms. The maximum Gasteiger partial charge on any atom is 0.123 e. The van der Waals surface area contributed by atoms with E-state index in [0.717, 1.165) is 16.8 Å². The van der Waals surface area contributed by atoms with Crippen molar-refractivity contribution in [3.63, 3.8) is 0 Å². The highest BCUT2D eigenvalue weighted by atomic mass is 19.1. The van der Waals surface area contributed by atoms with Crippen molar-refractivity contribution in [2.75, 3.05) is 0 Å². The molecule has 0 aliphatic carbocycles. The fraction of sp³-hybridized carbons (Fsp3) is 0.267. The molecule has 0 amide bonds. The van der Waals surface area contributed by atoms with Crippen molar-refractivity contribution in [2.24, 2.45) is 5.73 Å². The third kappa shape index (κ3) is 2.74. The normalized spacial score (nSPS) is 14.2. The summed E-state index contributed by atoms with van der Waals surface area (Å²) in [7, 11) is 0. The Bertz CT molecular complexity index is 505. The Labute approximate surface area is 107 Å². The quantitative estimate of drug-likeness (QED) is 0.899. The second kappa shape index (κ2) is 5.27. The van der Waals surface area contributed by atoms with E-state index in [1.807, 2.05) is 38.1 Å². The number of hydrogen-bond donors (Lipinski definition) is 1. The molecular formula is C15H17FN2. The molecule has 0 spiro atoms. The predicted molar refractivity (Wildman–Crippen MR) is 70.7 cm³/mol. The van der Waals surface area contributed by atoms with Gasteiger partial charge in [0.25, 0.3) is 0 Å². The Hall–Kier alpha value is -1.74. The summed E-state index contributed by atoms with van der Waals surface area (Å²) in [6.45, 7) is 3.87. The Balaban J connectivity index is 2.28. The molecule has 2 aromatic rings. The highest BCUT2D eigenvalue weighted by Crippen LogP contribution is 2.28. The summed E-state index contributed by atoms with van der Waals surface area (Å²) in [5.41, 5.74) is 8.82. The third-order valence-corrected chi connectivity index (χ3v) is 3.14. The standard InChI is InChI=1S/C15H17FN2/c1-10-7-12(9-13(16)8-10)15(17)11(2)14-5-3-4-6-18-14/h3-9,11,15H,17H2,1-2H3. The van der Waals surface area contributed by atoms with Crippen LogP contribution in [0.15, 0.2) is 42.6 Å². The van der Waals surface area contributed by atoms with Crippen molar-refractivity contribution in [3.05, 3.63) is 65.2 Å². The van der Waals surface area contributed by atoms with Gasteiger partial charge in [-0.1, -0.05) is 19.1 Å². The van der Waals surface area contributed by atoms with E-state index in [1.54, 1.807) is 6.20 Å². The Morgan fingerprint density at radius 2 is 2.00 bits per heavy atom. The zero-order valence-corrected chi connectivity index (χ0v) is 10.6. The number of hydrogen-bond acceptors (Lipinski definition) is 2. The molecule has 2 unspecified atom stereocenters. The van der Waals surface area contributed by atoms with Crippen LogP contribution in [-0.4, -0.2) is 4.98 Å². The molecule has 0 aliphatic heterocycles. The van der Waals surface area contributed by atoms with Gasteiger partial charge in [-0.15, -0.1) is 0 Å². The van der Waals surface area contributed by atoms with Crippen LogP contribution in [0.2, 0.25) is 0 Å². The van der Waals surface area contributed by atoms with Crippen LogP contribution in [0, 0.1) is 12.7 Å². The van der Waals surface area contributed by atoms with Crippen LogP contribution in [0.1, 0.15) is 35.7 Å². The van der Waals surface area contributed by atoms with Crippen molar-refractivity contribution in [3.8, 4) is 0 Å². The highest BCUT2D eigenvalue weighted by molar-refractivity contribution is 5.28. The van der Waals surface area contributed by atoms with E-state index < -0.39 is 0 Å². The lowest BCUT2D eigenvalue weighted by molar-refractivity contribution is 0.571. The van der Waals surface area contributed by atoms with Gasteiger partial charge in [-0.3, -0.25) is 4.98 Å². The van der Waals surface area contributed by atoms with Gasteiger partial charge in [0.1, 0.15) is 5.82 Å². The van der Waals surface area contributed by atoms with E-state index in [1.165, 1.54) is 12.1 Å². The molecule has 1 aromatic heterocycles. The van der Waals surface area contributed by atoms with Crippen molar-refractivity contribution < 1.29 is 4.39 Å². The predicted octanol–water partition coefficient (Wildman–Crippen LogP) is 3.33. The van der Waals surface area contributed by atoms with Crippen molar-refractivity contribution in [1.82, 2.24) is 4.98 Å². The highest BCUT2D eigenvalue weighted by Gasteiger charge is 2.18. The van der Waals surface area contributed by atoms with Gasteiger partial charge in [-0.25, -0.2) is 4.39 Å². The first kappa shape index (κ1) is 12.7. The molecule has 2 nitrogen and oxygen atoms in total. The number of aryl methyl sites for hydroxylation is 1. The van der Waals surface area contributed by atoms with E-state index in [2.05, 4.69) is 4.98 Å². The van der Waals surface area contributed by atoms with Gasteiger partial charge < -0.3 is 5.73 Å². The van der Waals surface area contributed by atoms with E-state index in [0.29, 0.717) is 0 Å². The lowest BCUT2D eigenvalue weighted by Gasteiger charge is -2.20. The maximum atomic E-state index is 13.4. The number of halogens is 1. The molecule has 0 saturated carbocycles. The zero-order valence-electron chi connectivity index (χ0n) is 10.6. The Morgan fingerprint density at radius 1 is 1.22 bits per heavy atom. The van der Waals surface area contributed by atoms with Crippen LogP contribution in [0.5, 0.6) is 0 Å². The van der Waals surface area contributed by atoms with Gasteiger partial charge in [0, 0.05) is 23.9 Å². The molecule has 0 radical (unpaired) electrons. The molecule has 18 heavy (non-hydrogen) atoms. The van der Waals surface area contributed by atoms with Gasteiger partial charge in [-0.2, -0.15) is 0 Å². The van der Waals surface area contributed by atoms with Gasteiger partial charge in [0.15, 0.2) is 0 Å². The monoisotopic (exact) mass is 244 g/mol. The summed E-state index contributed by atoms with van der Waals surface area (Å²) in [5.74, 6) is -0.193. The molecule has 2 N–H and O–H groups in total. The number of benzene rings is 1. The van der Waals surface area contributed by atoms with Gasteiger partial charge in [0.2, 0.25) is 0 Å². The van der Waals surface area contributed by atoms with Gasteiger partial charge >= 0.3 is 0 Å². The third-order valence-electron chi connectivity index (χ3n) is 3.14. The largest absolute Gasteiger partial charge is 0.323 e. The number of rotatable bonds is 3. The van der Waals surface area contributed by atoms with Crippen LogP contribution in [0.4, 0.5) is 4.39 Å². The van der Waals surface area contributed by atoms with Crippen molar-refractivity contribution in [2.45, 2.75) is 25.8 Å². The Morgan fingerprint density at radius 3 is 2.61 bits per heavy atom. The van der Waals surface area contributed by atoms with Crippen LogP contribution in [0.25, 0.3) is 0 Å². The minimum absolute atomic E-state index is 0.0485. The van der Waals surface area contributed by atoms with Crippen LogP contribution >= 0.6 is 0 Å². The van der Waals surface area contributed by atoms with Crippen molar-refractivity contribution in [1.29, 1.82) is 0 Å². The first-order chi connectivity index (χ1) is 8.58. The van der Waals surface area contributed by atoms with Crippen LogP contribution in [-0.2, 0) is 0 Å². The minimum atomic E-state index is -0.255. The summed E-state index contributed by atoms with van der Waals surface area (Å²) in [5, 5.41) is 0. The average molecular weight is 244 g/mol. The molecule has 3 heteroatoms. The van der Waals surface area contributed by atoms with Gasteiger partial charge in [0.05, 0.1) is 0 Å². The number of pyridine rings is 1. The van der Waals surface area contributed by atoms with Crippen LogP contribution < -0.4 is 5.73 Å². The van der Waals surface area contributed by atoms with Gasteiger partial charge in [-0.05, 0) is 42.3 Å². The summed E-state index contributed by atoms with van der Waals surface area (Å²) in [4.78, 5) is 4.30. The zero-order chi connectivity index (χ0) is 13.1. The SMILES string of the molecule is Cc1cc(F)cc(C(N)C(C)c2ccccn2)c1. The first-order valence-electron chi connectivity index (χ1n) is 6.01. The molecule has 1 aromatic carbocycles. The summed E-state index contributed by atoms with van der Waals surface area (Å²) in [6.07, 6.45) is 1.75. The first-order valence-corrected chi connectivity index (χ1v) is 6.01. The summed E-state index contributed by atoms with van der Waals surface area (Å²) >= 11 is 0. The second-order valence-corrected chi connectivity index (χ2v) is 4.63. The molecule has 94 valence electrons. The maximum absolute atomic E-state index is 13.4. The number of nitrogens with two attached hydrogens (primary N) is 1. The Kier molecular flexibility index (Phi) is 3.72.